The lowest BCUT2D eigenvalue weighted by molar-refractivity contribution is 0.0528. The predicted octanol–water partition coefficient (Wildman–Crippen LogP) is 4.23. The molecular weight excluding hydrogens is 274 g/mol. The van der Waals surface area contributed by atoms with Gasteiger partial charge in [0.25, 0.3) is 0 Å². The van der Waals surface area contributed by atoms with E-state index in [1.165, 1.54) is 11.3 Å². The first-order chi connectivity index (χ1) is 9.60. The van der Waals surface area contributed by atoms with Gasteiger partial charge in [-0.3, -0.25) is 0 Å². The molecule has 6 heteroatoms. The van der Waals surface area contributed by atoms with E-state index in [0.29, 0.717) is 22.2 Å². The van der Waals surface area contributed by atoms with E-state index in [1.807, 2.05) is 31.2 Å². The van der Waals surface area contributed by atoms with Crippen molar-refractivity contribution in [2.45, 2.75) is 13.8 Å². The van der Waals surface area contributed by atoms with Crippen LogP contribution in [-0.4, -0.2) is 12.6 Å². The Balaban J connectivity index is 2.16. The fourth-order valence-corrected chi connectivity index (χ4v) is 2.26. The molecule has 1 aromatic carbocycles. The van der Waals surface area contributed by atoms with Crippen LogP contribution in [0.2, 0.25) is 0 Å². The molecule has 2 N–H and O–H groups in total. The van der Waals surface area contributed by atoms with E-state index in [9.17, 15) is 4.79 Å². The van der Waals surface area contributed by atoms with Crippen LogP contribution in [0.25, 0.3) is 0 Å². The summed E-state index contributed by atoms with van der Waals surface area (Å²) in [5.41, 5.74) is 8.03. The molecule has 5 nitrogen and oxygen atoms in total. The third-order valence-corrected chi connectivity index (χ3v) is 3.39. The number of carbonyl (C=O) groups excluding carboxylic acids is 1. The van der Waals surface area contributed by atoms with Crippen LogP contribution in [0.1, 0.15) is 22.8 Å². The molecule has 0 aliphatic heterocycles. The van der Waals surface area contributed by atoms with Gasteiger partial charge in [-0.1, -0.05) is 29.0 Å². The van der Waals surface area contributed by atoms with Crippen LogP contribution in [-0.2, 0) is 4.74 Å². The minimum absolute atomic E-state index is 0.314. The van der Waals surface area contributed by atoms with Crippen LogP contribution >= 0.6 is 11.3 Å². The van der Waals surface area contributed by atoms with Crippen molar-refractivity contribution in [2.75, 3.05) is 12.3 Å². The first-order valence-electron chi connectivity index (χ1n) is 6.15. The molecule has 2 aromatic rings. The highest BCUT2D eigenvalue weighted by atomic mass is 32.1. The maximum atomic E-state index is 11.6. The fourth-order valence-electron chi connectivity index (χ4n) is 1.53. The average Bonchev–Trinajstić information content (AvgIpc) is 2.80. The molecule has 20 heavy (non-hydrogen) atoms. The Bertz CT molecular complexity index is 632. The van der Waals surface area contributed by atoms with Crippen molar-refractivity contribution in [3.63, 3.8) is 0 Å². The number of nitrogen functional groups attached to an aromatic ring is 1. The summed E-state index contributed by atoms with van der Waals surface area (Å²) in [6.07, 6.45) is 0. The SMILES string of the molecule is CCOC(=O)c1cc(N=Nc2ccc(C)cc2)sc1N. The zero-order valence-corrected chi connectivity index (χ0v) is 12.1. The third-order valence-electron chi connectivity index (χ3n) is 2.54. The molecule has 0 saturated heterocycles. The Morgan fingerprint density at radius 3 is 2.65 bits per heavy atom. The number of azo groups is 1. The van der Waals surface area contributed by atoms with E-state index in [2.05, 4.69) is 10.2 Å². The molecule has 0 saturated carbocycles. The number of hydrogen-bond acceptors (Lipinski definition) is 6. The molecule has 2 rings (SSSR count). The number of esters is 1. The summed E-state index contributed by atoms with van der Waals surface area (Å²) in [6.45, 7) is 4.07. The van der Waals surface area contributed by atoms with Gasteiger partial charge in [-0.2, -0.15) is 0 Å². The molecule has 104 valence electrons. The number of anilines is 1. The summed E-state index contributed by atoms with van der Waals surface area (Å²) in [5.74, 6) is -0.432. The number of nitrogens with two attached hydrogens (primary N) is 1. The van der Waals surface area contributed by atoms with E-state index in [0.717, 1.165) is 11.3 Å². The minimum atomic E-state index is -0.432. The third kappa shape index (κ3) is 3.42. The van der Waals surface area contributed by atoms with Crippen LogP contribution in [0, 0.1) is 6.92 Å². The molecule has 0 amide bonds. The summed E-state index contributed by atoms with van der Waals surface area (Å²) in [5, 5.41) is 9.16. The molecule has 0 atom stereocenters. The number of ether oxygens (including phenoxy) is 1. The van der Waals surface area contributed by atoms with Crippen LogP contribution in [0.4, 0.5) is 15.7 Å². The zero-order valence-electron chi connectivity index (χ0n) is 11.3. The van der Waals surface area contributed by atoms with Gasteiger partial charge in [0.15, 0.2) is 0 Å². The predicted molar refractivity (Wildman–Crippen MR) is 80.0 cm³/mol. The number of rotatable bonds is 4. The smallest absolute Gasteiger partial charge is 0.341 e. The first kappa shape index (κ1) is 14.2. The quantitative estimate of drug-likeness (QED) is 0.675. The van der Waals surface area contributed by atoms with Crippen molar-refractivity contribution < 1.29 is 9.53 Å². The lowest BCUT2D eigenvalue weighted by Crippen LogP contribution is -2.05. The van der Waals surface area contributed by atoms with E-state index in [4.69, 9.17) is 10.5 Å². The number of nitrogens with zero attached hydrogens (tertiary/aromatic N) is 2. The molecule has 1 heterocycles. The van der Waals surface area contributed by atoms with Crippen molar-refractivity contribution >= 4 is 33.0 Å². The zero-order chi connectivity index (χ0) is 14.5. The average molecular weight is 289 g/mol. The summed E-state index contributed by atoms with van der Waals surface area (Å²) in [7, 11) is 0. The van der Waals surface area contributed by atoms with Gasteiger partial charge in [0.1, 0.15) is 10.0 Å². The highest BCUT2D eigenvalue weighted by Gasteiger charge is 2.14. The second-order valence-corrected chi connectivity index (χ2v) is 5.18. The van der Waals surface area contributed by atoms with Crippen molar-refractivity contribution in [1.29, 1.82) is 0 Å². The van der Waals surface area contributed by atoms with Gasteiger partial charge in [0, 0.05) is 0 Å². The Morgan fingerprint density at radius 2 is 2.00 bits per heavy atom. The van der Waals surface area contributed by atoms with Gasteiger partial charge < -0.3 is 10.5 Å². The Morgan fingerprint density at radius 1 is 1.30 bits per heavy atom. The highest BCUT2D eigenvalue weighted by Crippen LogP contribution is 2.33. The molecule has 0 fully saturated rings. The van der Waals surface area contributed by atoms with E-state index in [1.54, 1.807) is 13.0 Å². The molecule has 0 aliphatic carbocycles. The Kier molecular flexibility index (Phi) is 4.47. The van der Waals surface area contributed by atoms with Gasteiger partial charge in [-0.05, 0) is 32.0 Å². The number of benzene rings is 1. The van der Waals surface area contributed by atoms with E-state index in [-0.39, 0.29) is 0 Å². The molecule has 0 radical (unpaired) electrons. The second kappa shape index (κ2) is 6.29. The summed E-state index contributed by atoms with van der Waals surface area (Å²) < 4.78 is 4.91. The molecule has 1 aromatic heterocycles. The summed E-state index contributed by atoms with van der Waals surface area (Å²) >= 11 is 1.21. The second-order valence-electron chi connectivity index (χ2n) is 4.12. The fraction of sp³-hybridized carbons (Fsp3) is 0.214. The largest absolute Gasteiger partial charge is 0.462 e. The monoisotopic (exact) mass is 289 g/mol. The maximum absolute atomic E-state index is 11.6. The van der Waals surface area contributed by atoms with Crippen molar-refractivity contribution in [3.8, 4) is 0 Å². The molecule has 0 spiro atoms. The molecule has 0 bridgehead atoms. The van der Waals surface area contributed by atoms with Crippen LogP contribution in [0.3, 0.4) is 0 Å². The minimum Gasteiger partial charge on any atom is -0.462 e. The highest BCUT2D eigenvalue weighted by molar-refractivity contribution is 7.19. The van der Waals surface area contributed by atoms with Crippen molar-refractivity contribution in [2.24, 2.45) is 10.2 Å². The Labute approximate surface area is 121 Å². The standard InChI is InChI=1S/C14H15N3O2S/c1-3-19-14(18)11-8-12(20-13(11)15)17-16-10-6-4-9(2)5-7-10/h4-8H,3,15H2,1-2H3. The van der Waals surface area contributed by atoms with E-state index >= 15 is 0 Å². The lowest BCUT2D eigenvalue weighted by Gasteiger charge is -1.98. The number of carbonyl (C=O) groups is 1. The van der Waals surface area contributed by atoms with E-state index < -0.39 is 5.97 Å². The molecular formula is C14H15N3O2S. The number of aryl methyl sites for hydroxylation is 1. The maximum Gasteiger partial charge on any atom is 0.341 e. The van der Waals surface area contributed by atoms with Gasteiger partial charge in [0.05, 0.1) is 17.9 Å². The number of hydrogen-bond donors (Lipinski definition) is 1. The van der Waals surface area contributed by atoms with Crippen molar-refractivity contribution in [3.05, 3.63) is 41.5 Å². The van der Waals surface area contributed by atoms with Crippen LogP contribution in [0.5, 0.6) is 0 Å². The number of thiophene rings is 1. The van der Waals surface area contributed by atoms with Gasteiger partial charge in [-0.25, -0.2) is 4.79 Å². The molecule has 0 aliphatic rings. The first-order valence-corrected chi connectivity index (χ1v) is 6.96. The normalized spacial score (nSPS) is 10.9. The van der Waals surface area contributed by atoms with Gasteiger partial charge in [0.2, 0.25) is 0 Å². The Hall–Kier alpha value is -2.21. The van der Waals surface area contributed by atoms with Crippen LogP contribution in [0.15, 0.2) is 40.6 Å². The summed E-state index contributed by atoms with van der Waals surface area (Å²) in [4.78, 5) is 11.6. The summed E-state index contributed by atoms with van der Waals surface area (Å²) in [6, 6.07) is 9.27. The topological polar surface area (TPSA) is 77.0 Å². The lowest BCUT2D eigenvalue weighted by atomic mass is 10.2. The van der Waals surface area contributed by atoms with Crippen molar-refractivity contribution in [1.82, 2.24) is 0 Å². The molecule has 0 unspecified atom stereocenters. The van der Waals surface area contributed by atoms with Crippen LogP contribution < -0.4 is 5.73 Å². The van der Waals surface area contributed by atoms with Gasteiger partial charge in [-0.15, -0.1) is 10.2 Å². The van der Waals surface area contributed by atoms with Gasteiger partial charge >= 0.3 is 5.97 Å².